The third-order valence-corrected chi connectivity index (χ3v) is 3.41. The molecule has 0 spiro atoms. The summed E-state index contributed by atoms with van der Waals surface area (Å²) in [6, 6.07) is 19.2. The normalized spacial score (nSPS) is 13.8. The van der Waals surface area contributed by atoms with Gasteiger partial charge >= 0.3 is 0 Å². The van der Waals surface area contributed by atoms with Gasteiger partial charge in [0.1, 0.15) is 5.75 Å². The number of hydrogen-bond acceptors (Lipinski definition) is 2. The van der Waals surface area contributed by atoms with Crippen LogP contribution < -0.4 is 10.1 Å². The van der Waals surface area contributed by atoms with Gasteiger partial charge in [-0.25, -0.2) is 0 Å². The monoisotopic (exact) mass is 255 g/mol. The number of methoxy groups -OCH3 is 1. The van der Waals surface area contributed by atoms with Crippen LogP contribution in [0.5, 0.6) is 5.75 Å². The average molecular weight is 255 g/mol. The predicted molar refractivity (Wildman–Crippen MR) is 79.4 cm³/mol. The Bertz CT molecular complexity index is 510. The largest absolute Gasteiger partial charge is 0.496 e. The lowest BCUT2D eigenvalue weighted by Gasteiger charge is -2.22. The fraction of sp³-hybridized carbons (Fsp3) is 0.294. The van der Waals surface area contributed by atoms with E-state index in [9.17, 15) is 0 Å². The van der Waals surface area contributed by atoms with E-state index in [-0.39, 0.29) is 6.04 Å². The second-order valence-electron chi connectivity index (χ2n) is 4.76. The molecule has 0 saturated heterocycles. The highest BCUT2D eigenvalue weighted by Gasteiger charge is 2.13. The number of para-hydroxylation sites is 1. The number of ether oxygens (including phenoxy) is 1. The molecule has 2 atom stereocenters. The van der Waals surface area contributed by atoms with E-state index in [1.807, 2.05) is 24.3 Å². The van der Waals surface area contributed by atoms with Gasteiger partial charge in [-0.1, -0.05) is 48.5 Å². The van der Waals surface area contributed by atoms with Crippen molar-refractivity contribution in [1.29, 1.82) is 0 Å². The van der Waals surface area contributed by atoms with Gasteiger partial charge in [-0.2, -0.15) is 0 Å². The quantitative estimate of drug-likeness (QED) is 0.868. The van der Waals surface area contributed by atoms with Gasteiger partial charge in [0.2, 0.25) is 0 Å². The summed E-state index contributed by atoms with van der Waals surface area (Å²) in [5.74, 6) is 0.933. The molecule has 2 aromatic carbocycles. The van der Waals surface area contributed by atoms with Crippen molar-refractivity contribution in [2.24, 2.45) is 0 Å². The van der Waals surface area contributed by atoms with Crippen LogP contribution in [0.2, 0.25) is 0 Å². The second kappa shape index (κ2) is 6.39. The first-order valence-electron chi connectivity index (χ1n) is 6.66. The van der Waals surface area contributed by atoms with Gasteiger partial charge in [0.15, 0.2) is 0 Å². The molecular weight excluding hydrogens is 234 g/mol. The fourth-order valence-corrected chi connectivity index (χ4v) is 2.33. The van der Waals surface area contributed by atoms with Crippen LogP contribution in [-0.2, 0) is 0 Å². The molecule has 0 unspecified atom stereocenters. The van der Waals surface area contributed by atoms with Crippen LogP contribution in [0, 0.1) is 0 Å². The van der Waals surface area contributed by atoms with E-state index in [0.717, 1.165) is 5.75 Å². The molecule has 2 rings (SSSR count). The molecule has 0 heterocycles. The molecule has 1 N–H and O–H groups in total. The maximum Gasteiger partial charge on any atom is 0.123 e. The molecule has 0 aliphatic carbocycles. The summed E-state index contributed by atoms with van der Waals surface area (Å²) in [6.45, 7) is 4.35. The van der Waals surface area contributed by atoms with Crippen LogP contribution in [0.4, 0.5) is 0 Å². The second-order valence-corrected chi connectivity index (χ2v) is 4.76. The molecule has 19 heavy (non-hydrogen) atoms. The highest BCUT2D eigenvalue weighted by atomic mass is 16.5. The van der Waals surface area contributed by atoms with E-state index in [4.69, 9.17) is 4.74 Å². The zero-order valence-electron chi connectivity index (χ0n) is 11.8. The number of hydrogen-bond donors (Lipinski definition) is 1. The van der Waals surface area contributed by atoms with Gasteiger partial charge in [-0.3, -0.25) is 0 Å². The Kier molecular flexibility index (Phi) is 4.58. The standard InChI is InChI=1S/C17H21NO/c1-13(15-9-5-4-6-10-15)18-14(2)16-11-7-8-12-17(16)19-3/h4-14,18H,1-3H3/t13-,14-/m1/s1. The first-order chi connectivity index (χ1) is 9.22. The minimum Gasteiger partial charge on any atom is -0.496 e. The van der Waals surface area contributed by atoms with Crippen molar-refractivity contribution in [2.75, 3.05) is 7.11 Å². The smallest absolute Gasteiger partial charge is 0.123 e. The third kappa shape index (κ3) is 3.36. The number of nitrogens with one attached hydrogen (secondary N) is 1. The molecule has 100 valence electrons. The summed E-state index contributed by atoms with van der Waals surface area (Å²) in [4.78, 5) is 0. The summed E-state index contributed by atoms with van der Waals surface area (Å²) >= 11 is 0. The van der Waals surface area contributed by atoms with Crippen molar-refractivity contribution in [3.05, 3.63) is 65.7 Å². The first kappa shape index (κ1) is 13.6. The molecule has 2 heteroatoms. The molecule has 0 saturated carbocycles. The van der Waals surface area contributed by atoms with Gasteiger partial charge in [0.05, 0.1) is 7.11 Å². The van der Waals surface area contributed by atoms with Crippen LogP contribution in [-0.4, -0.2) is 7.11 Å². The highest BCUT2D eigenvalue weighted by molar-refractivity contribution is 5.35. The molecular formula is C17H21NO. The van der Waals surface area contributed by atoms with Crippen molar-refractivity contribution in [2.45, 2.75) is 25.9 Å². The van der Waals surface area contributed by atoms with E-state index in [1.165, 1.54) is 11.1 Å². The van der Waals surface area contributed by atoms with Crippen LogP contribution in [0.15, 0.2) is 54.6 Å². The minimum absolute atomic E-state index is 0.242. The topological polar surface area (TPSA) is 21.3 Å². The molecule has 0 aromatic heterocycles. The lowest BCUT2D eigenvalue weighted by atomic mass is 10.0. The summed E-state index contributed by atoms with van der Waals surface area (Å²) in [5, 5.41) is 3.61. The molecule has 0 fully saturated rings. The lowest BCUT2D eigenvalue weighted by Crippen LogP contribution is -2.22. The van der Waals surface area contributed by atoms with Gasteiger partial charge < -0.3 is 10.1 Å². The van der Waals surface area contributed by atoms with E-state index >= 15 is 0 Å². The van der Waals surface area contributed by atoms with Crippen molar-refractivity contribution < 1.29 is 4.74 Å². The maximum atomic E-state index is 5.41. The number of rotatable bonds is 5. The summed E-state index contributed by atoms with van der Waals surface area (Å²) in [5.41, 5.74) is 2.48. The van der Waals surface area contributed by atoms with Crippen LogP contribution >= 0.6 is 0 Å². The van der Waals surface area contributed by atoms with Crippen molar-refractivity contribution in [3.63, 3.8) is 0 Å². The Morgan fingerprint density at radius 3 is 2.16 bits per heavy atom. The SMILES string of the molecule is COc1ccccc1[C@@H](C)N[C@H](C)c1ccccc1. The van der Waals surface area contributed by atoms with Crippen LogP contribution in [0.1, 0.15) is 37.1 Å². The summed E-state index contributed by atoms with van der Waals surface area (Å²) < 4.78 is 5.41. The number of benzene rings is 2. The van der Waals surface area contributed by atoms with E-state index in [1.54, 1.807) is 7.11 Å². The zero-order chi connectivity index (χ0) is 13.7. The molecule has 0 aliphatic rings. The molecule has 0 bridgehead atoms. The first-order valence-corrected chi connectivity index (χ1v) is 6.66. The van der Waals surface area contributed by atoms with Crippen molar-refractivity contribution >= 4 is 0 Å². The van der Waals surface area contributed by atoms with Gasteiger partial charge in [-0.15, -0.1) is 0 Å². The lowest BCUT2D eigenvalue weighted by molar-refractivity contribution is 0.396. The van der Waals surface area contributed by atoms with Crippen molar-refractivity contribution in [1.82, 2.24) is 5.32 Å². The van der Waals surface area contributed by atoms with Crippen LogP contribution in [0.25, 0.3) is 0 Å². The Labute approximate surface area is 115 Å². The van der Waals surface area contributed by atoms with E-state index in [0.29, 0.717) is 6.04 Å². The molecule has 2 aromatic rings. The van der Waals surface area contributed by atoms with E-state index < -0.39 is 0 Å². The van der Waals surface area contributed by atoms with Crippen LogP contribution in [0.3, 0.4) is 0 Å². The Morgan fingerprint density at radius 1 is 0.842 bits per heavy atom. The van der Waals surface area contributed by atoms with Gasteiger partial charge in [-0.05, 0) is 25.5 Å². The van der Waals surface area contributed by atoms with Crippen molar-refractivity contribution in [3.8, 4) is 5.75 Å². The van der Waals surface area contributed by atoms with Gasteiger partial charge in [0.25, 0.3) is 0 Å². The fourth-order valence-electron chi connectivity index (χ4n) is 2.33. The molecule has 2 nitrogen and oxygen atoms in total. The molecule has 0 radical (unpaired) electrons. The van der Waals surface area contributed by atoms with Gasteiger partial charge in [0, 0.05) is 17.6 Å². The zero-order valence-corrected chi connectivity index (χ0v) is 11.8. The Balaban J connectivity index is 2.11. The predicted octanol–water partition coefficient (Wildman–Crippen LogP) is 4.11. The Morgan fingerprint density at radius 2 is 1.47 bits per heavy atom. The summed E-state index contributed by atoms with van der Waals surface area (Å²) in [6.07, 6.45) is 0. The Hall–Kier alpha value is -1.80. The highest BCUT2D eigenvalue weighted by Crippen LogP contribution is 2.26. The molecule has 0 amide bonds. The minimum atomic E-state index is 0.242. The average Bonchev–Trinajstić information content (AvgIpc) is 2.48. The van der Waals surface area contributed by atoms with E-state index in [2.05, 4.69) is 49.5 Å². The molecule has 0 aliphatic heterocycles. The third-order valence-electron chi connectivity index (χ3n) is 3.41. The summed E-state index contributed by atoms with van der Waals surface area (Å²) in [7, 11) is 1.71. The maximum absolute atomic E-state index is 5.41.